The Balaban J connectivity index is 2.00. The number of anilines is 1. The van der Waals surface area contributed by atoms with Gasteiger partial charge in [0.2, 0.25) is 0 Å². The molecule has 2 N–H and O–H groups in total. The number of benzene rings is 1. The zero-order valence-corrected chi connectivity index (χ0v) is 12.1. The predicted octanol–water partition coefficient (Wildman–Crippen LogP) is 1.91. The van der Waals surface area contributed by atoms with Crippen molar-refractivity contribution in [3.63, 3.8) is 0 Å². The highest BCUT2D eigenvalue weighted by Gasteiger charge is 2.09. The minimum Gasteiger partial charge on any atom is -0.497 e. The Morgan fingerprint density at radius 1 is 1.43 bits per heavy atom. The minimum atomic E-state index is -0.0471. The number of nitrogens with two attached hydrogens (primary N) is 1. The summed E-state index contributed by atoms with van der Waals surface area (Å²) in [6.07, 6.45) is 1.35. The average Bonchev–Trinajstić information content (AvgIpc) is 2.52. The smallest absolute Gasteiger partial charge is 0.189 e. The summed E-state index contributed by atoms with van der Waals surface area (Å²) in [5.41, 5.74) is 6.41. The largest absolute Gasteiger partial charge is 0.497 e. The summed E-state index contributed by atoms with van der Waals surface area (Å²) < 4.78 is 5.04. The first-order chi connectivity index (χ1) is 10.1. The topological polar surface area (TPSA) is 102 Å². The molecule has 0 bridgehead atoms. The highest BCUT2D eigenvalue weighted by molar-refractivity contribution is 7.99. The van der Waals surface area contributed by atoms with Gasteiger partial charge in [-0.3, -0.25) is 4.79 Å². The first-order valence-corrected chi connectivity index (χ1v) is 6.95. The molecule has 1 aromatic carbocycles. The number of nitrogens with zero attached hydrogens (tertiary/aromatic N) is 3. The molecule has 0 amide bonds. The monoisotopic (exact) mass is 300 g/mol. The fourth-order valence-electron chi connectivity index (χ4n) is 1.52. The van der Waals surface area contributed by atoms with Gasteiger partial charge < -0.3 is 10.5 Å². The molecule has 2 rings (SSSR count). The molecule has 21 heavy (non-hydrogen) atoms. The first kappa shape index (κ1) is 14.8. The van der Waals surface area contributed by atoms with Gasteiger partial charge in [-0.2, -0.15) is 5.26 Å². The summed E-state index contributed by atoms with van der Waals surface area (Å²) in [6.45, 7) is 0. The number of ketones is 1. The molecule has 0 aliphatic carbocycles. The van der Waals surface area contributed by atoms with Crippen molar-refractivity contribution in [2.75, 3.05) is 18.6 Å². The third-order valence-corrected chi connectivity index (χ3v) is 3.52. The van der Waals surface area contributed by atoms with Crippen LogP contribution in [0.2, 0.25) is 0 Å². The Kier molecular flexibility index (Phi) is 4.74. The van der Waals surface area contributed by atoms with E-state index in [9.17, 15) is 4.79 Å². The van der Waals surface area contributed by atoms with Crippen LogP contribution in [0.1, 0.15) is 15.9 Å². The standard InChI is InChI=1S/C14H12N4O2S/c1-20-11-4-2-9(3-5-11)12(19)8-21-14-17-7-10(6-15)13(16)18-14/h2-5,7H,8H2,1H3,(H2,16,17,18). The predicted molar refractivity (Wildman–Crippen MR) is 79.2 cm³/mol. The number of ether oxygens (including phenoxy) is 1. The van der Waals surface area contributed by atoms with E-state index in [1.54, 1.807) is 31.4 Å². The van der Waals surface area contributed by atoms with E-state index in [2.05, 4.69) is 9.97 Å². The van der Waals surface area contributed by atoms with Crippen molar-refractivity contribution < 1.29 is 9.53 Å². The second-order valence-corrected chi connectivity index (χ2v) is 4.95. The third-order valence-electron chi connectivity index (χ3n) is 2.66. The van der Waals surface area contributed by atoms with Crippen molar-refractivity contribution in [1.29, 1.82) is 5.26 Å². The number of carbonyl (C=O) groups excluding carboxylic acids is 1. The molecule has 0 radical (unpaired) electrons. The fourth-order valence-corrected chi connectivity index (χ4v) is 2.24. The number of carbonyl (C=O) groups is 1. The van der Waals surface area contributed by atoms with Crippen LogP contribution in [0.4, 0.5) is 5.82 Å². The molecule has 0 aliphatic heterocycles. The highest BCUT2D eigenvalue weighted by Crippen LogP contribution is 2.18. The van der Waals surface area contributed by atoms with E-state index in [-0.39, 0.29) is 22.9 Å². The van der Waals surface area contributed by atoms with E-state index in [0.717, 1.165) is 0 Å². The molecule has 7 heteroatoms. The molecule has 0 saturated carbocycles. The Morgan fingerprint density at radius 3 is 2.71 bits per heavy atom. The van der Waals surface area contributed by atoms with Crippen molar-refractivity contribution in [2.24, 2.45) is 0 Å². The molecule has 6 nitrogen and oxygen atoms in total. The Bertz CT molecular complexity index is 695. The first-order valence-electron chi connectivity index (χ1n) is 5.96. The van der Waals surface area contributed by atoms with Crippen LogP contribution in [0.25, 0.3) is 0 Å². The van der Waals surface area contributed by atoms with E-state index in [1.807, 2.05) is 6.07 Å². The number of methoxy groups -OCH3 is 1. The van der Waals surface area contributed by atoms with E-state index in [0.29, 0.717) is 16.5 Å². The summed E-state index contributed by atoms with van der Waals surface area (Å²) in [5.74, 6) is 0.959. The van der Waals surface area contributed by atoms with Crippen molar-refractivity contribution in [2.45, 2.75) is 5.16 Å². The quantitative estimate of drug-likeness (QED) is 0.511. The Labute approximate surface area is 126 Å². The molecule has 1 heterocycles. The highest BCUT2D eigenvalue weighted by atomic mass is 32.2. The lowest BCUT2D eigenvalue weighted by atomic mass is 10.1. The van der Waals surface area contributed by atoms with E-state index < -0.39 is 0 Å². The van der Waals surface area contributed by atoms with Gasteiger partial charge in [0.1, 0.15) is 23.2 Å². The number of rotatable bonds is 5. The fraction of sp³-hybridized carbons (Fsp3) is 0.143. The summed E-state index contributed by atoms with van der Waals surface area (Å²) in [5, 5.41) is 9.11. The number of hydrogen-bond donors (Lipinski definition) is 1. The molecular weight excluding hydrogens is 288 g/mol. The number of hydrogen-bond acceptors (Lipinski definition) is 7. The molecule has 0 aliphatic rings. The van der Waals surface area contributed by atoms with Crippen molar-refractivity contribution in [1.82, 2.24) is 9.97 Å². The van der Waals surface area contributed by atoms with Crippen molar-refractivity contribution in [3.8, 4) is 11.8 Å². The van der Waals surface area contributed by atoms with Crippen LogP contribution < -0.4 is 10.5 Å². The van der Waals surface area contributed by atoms with Gasteiger partial charge in [-0.05, 0) is 24.3 Å². The van der Waals surface area contributed by atoms with Crippen LogP contribution >= 0.6 is 11.8 Å². The van der Waals surface area contributed by atoms with Crippen LogP contribution in [0.15, 0.2) is 35.6 Å². The zero-order chi connectivity index (χ0) is 15.2. The third kappa shape index (κ3) is 3.70. The number of nitriles is 1. The van der Waals surface area contributed by atoms with Gasteiger partial charge in [0.15, 0.2) is 10.9 Å². The molecule has 2 aromatic rings. The summed E-state index contributed by atoms with van der Waals surface area (Å²) in [4.78, 5) is 20.0. The summed E-state index contributed by atoms with van der Waals surface area (Å²) in [6, 6.07) is 8.75. The van der Waals surface area contributed by atoms with Crippen LogP contribution in [-0.2, 0) is 0 Å². The number of nitrogen functional groups attached to an aromatic ring is 1. The minimum absolute atomic E-state index is 0.0471. The molecule has 0 unspecified atom stereocenters. The molecule has 0 saturated heterocycles. The summed E-state index contributed by atoms with van der Waals surface area (Å²) >= 11 is 1.17. The maximum absolute atomic E-state index is 12.0. The van der Waals surface area contributed by atoms with Crippen molar-refractivity contribution in [3.05, 3.63) is 41.6 Å². The number of thioether (sulfide) groups is 1. The molecule has 0 fully saturated rings. The van der Waals surface area contributed by atoms with E-state index in [1.165, 1.54) is 18.0 Å². The van der Waals surface area contributed by atoms with Gasteiger partial charge in [0.05, 0.1) is 19.1 Å². The van der Waals surface area contributed by atoms with Crippen LogP contribution in [0.5, 0.6) is 5.75 Å². The van der Waals surface area contributed by atoms with Gasteiger partial charge in [0.25, 0.3) is 0 Å². The normalized spacial score (nSPS) is 9.90. The molecule has 106 valence electrons. The molecular formula is C14H12N4O2S. The van der Waals surface area contributed by atoms with Gasteiger partial charge in [-0.15, -0.1) is 0 Å². The van der Waals surface area contributed by atoms with Crippen LogP contribution in [0, 0.1) is 11.3 Å². The SMILES string of the molecule is COc1ccc(C(=O)CSc2ncc(C#N)c(N)n2)cc1. The second-order valence-electron chi connectivity index (χ2n) is 4.00. The average molecular weight is 300 g/mol. The lowest BCUT2D eigenvalue weighted by Gasteiger charge is -2.03. The Morgan fingerprint density at radius 2 is 2.14 bits per heavy atom. The lowest BCUT2D eigenvalue weighted by molar-refractivity contribution is 0.102. The molecule has 1 aromatic heterocycles. The maximum atomic E-state index is 12.0. The van der Waals surface area contributed by atoms with Crippen LogP contribution in [-0.4, -0.2) is 28.6 Å². The summed E-state index contributed by atoms with van der Waals surface area (Å²) in [7, 11) is 1.57. The Hall–Kier alpha value is -2.59. The second kappa shape index (κ2) is 6.72. The van der Waals surface area contributed by atoms with Gasteiger partial charge >= 0.3 is 0 Å². The number of Topliss-reactive ketones (excluding diaryl/α,β-unsaturated/α-hetero) is 1. The van der Waals surface area contributed by atoms with E-state index >= 15 is 0 Å². The molecule has 0 atom stereocenters. The van der Waals surface area contributed by atoms with Crippen LogP contribution in [0.3, 0.4) is 0 Å². The van der Waals surface area contributed by atoms with Gasteiger partial charge in [-0.25, -0.2) is 9.97 Å². The maximum Gasteiger partial charge on any atom is 0.189 e. The molecule has 0 spiro atoms. The van der Waals surface area contributed by atoms with E-state index in [4.69, 9.17) is 15.7 Å². The van der Waals surface area contributed by atoms with Crippen molar-refractivity contribution >= 4 is 23.4 Å². The zero-order valence-electron chi connectivity index (χ0n) is 11.2. The van der Waals surface area contributed by atoms with Gasteiger partial charge in [-0.1, -0.05) is 11.8 Å². The van der Waals surface area contributed by atoms with Gasteiger partial charge in [0, 0.05) is 5.56 Å². The lowest BCUT2D eigenvalue weighted by Crippen LogP contribution is -2.04. The number of aromatic nitrogens is 2.